The Morgan fingerprint density at radius 3 is 2.19 bits per heavy atom. The van der Waals surface area contributed by atoms with Crippen LogP contribution in [0.4, 0.5) is 0 Å². The van der Waals surface area contributed by atoms with E-state index in [1.807, 2.05) is 6.07 Å². The molecule has 0 N–H and O–H groups in total. The van der Waals surface area contributed by atoms with Crippen LogP contribution in [0.25, 0.3) is 0 Å². The number of pyridine rings is 1. The molecule has 0 amide bonds. The summed E-state index contributed by atoms with van der Waals surface area (Å²) in [6, 6.07) is 14.7. The summed E-state index contributed by atoms with van der Waals surface area (Å²) in [5, 5.41) is 0.629. The quantitative estimate of drug-likeness (QED) is 0.809. The maximum absolute atomic E-state index is 6.13. The van der Waals surface area contributed by atoms with Gasteiger partial charge in [0.05, 0.1) is 0 Å². The molecular weight excluding hydrogens is 282 g/mol. The lowest BCUT2D eigenvalue weighted by Crippen LogP contribution is -2.45. The molecule has 0 spiro atoms. The third kappa shape index (κ3) is 4.03. The SMILES string of the molecule is Clc1ncccc1CN1CCN(Cc2ccccc2)CC1. The lowest BCUT2D eigenvalue weighted by Gasteiger charge is -2.34. The molecule has 3 nitrogen and oxygen atoms in total. The molecule has 0 saturated carbocycles. The lowest BCUT2D eigenvalue weighted by atomic mass is 10.2. The first-order chi connectivity index (χ1) is 10.3. The summed E-state index contributed by atoms with van der Waals surface area (Å²) in [6.45, 7) is 6.31. The summed E-state index contributed by atoms with van der Waals surface area (Å²) in [4.78, 5) is 9.10. The van der Waals surface area contributed by atoms with Crippen LogP contribution in [0.15, 0.2) is 48.7 Å². The molecule has 2 aromatic rings. The molecule has 0 radical (unpaired) electrons. The average Bonchev–Trinajstić information content (AvgIpc) is 2.52. The van der Waals surface area contributed by atoms with Gasteiger partial charge in [-0.3, -0.25) is 9.80 Å². The average molecular weight is 302 g/mol. The van der Waals surface area contributed by atoms with Crippen LogP contribution in [0.5, 0.6) is 0 Å². The number of hydrogen-bond acceptors (Lipinski definition) is 3. The standard InChI is InChI=1S/C17H20ClN3/c18-17-16(7-4-8-19-17)14-21-11-9-20(10-12-21)13-15-5-2-1-3-6-15/h1-8H,9-14H2. The molecule has 1 aromatic heterocycles. The summed E-state index contributed by atoms with van der Waals surface area (Å²) >= 11 is 6.13. The van der Waals surface area contributed by atoms with Crippen LogP contribution in [0.3, 0.4) is 0 Å². The molecule has 21 heavy (non-hydrogen) atoms. The van der Waals surface area contributed by atoms with Gasteiger partial charge in [0.1, 0.15) is 5.15 Å². The van der Waals surface area contributed by atoms with Crippen LogP contribution in [0, 0.1) is 0 Å². The van der Waals surface area contributed by atoms with Gasteiger partial charge in [-0.15, -0.1) is 0 Å². The van der Waals surface area contributed by atoms with Gasteiger partial charge in [0.2, 0.25) is 0 Å². The highest BCUT2D eigenvalue weighted by Gasteiger charge is 2.17. The van der Waals surface area contributed by atoms with Crippen molar-refractivity contribution < 1.29 is 0 Å². The highest BCUT2D eigenvalue weighted by atomic mass is 35.5. The van der Waals surface area contributed by atoms with Crippen LogP contribution in [0.2, 0.25) is 5.15 Å². The molecule has 0 atom stereocenters. The summed E-state index contributed by atoms with van der Waals surface area (Å²) in [6.07, 6.45) is 1.74. The third-order valence-electron chi connectivity index (χ3n) is 3.94. The summed E-state index contributed by atoms with van der Waals surface area (Å²) in [5.74, 6) is 0. The summed E-state index contributed by atoms with van der Waals surface area (Å²) in [5.41, 5.74) is 2.51. The zero-order valence-corrected chi connectivity index (χ0v) is 12.8. The second kappa shape index (κ2) is 7.03. The fourth-order valence-electron chi connectivity index (χ4n) is 2.73. The first-order valence-electron chi connectivity index (χ1n) is 7.39. The van der Waals surface area contributed by atoms with Gasteiger partial charge in [-0.2, -0.15) is 0 Å². The Kier molecular flexibility index (Phi) is 4.86. The fourth-order valence-corrected chi connectivity index (χ4v) is 2.90. The molecule has 1 fully saturated rings. The molecule has 0 unspecified atom stereocenters. The van der Waals surface area contributed by atoms with E-state index in [1.54, 1.807) is 6.20 Å². The first-order valence-corrected chi connectivity index (χ1v) is 7.77. The number of aromatic nitrogens is 1. The number of rotatable bonds is 4. The number of halogens is 1. The summed E-state index contributed by atoms with van der Waals surface area (Å²) < 4.78 is 0. The Morgan fingerprint density at radius 2 is 1.52 bits per heavy atom. The van der Waals surface area contributed by atoms with E-state index in [1.165, 1.54) is 5.56 Å². The van der Waals surface area contributed by atoms with Gasteiger partial charge in [0.15, 0.2) is 0 Å². The minimum atomic E-state index is 0.629. The van der Waals surface area contributed by atoms with Crippen LogP contribution in [0.1, 0.15) is 11.1 Å². The van der Waals surface area contributed by atoms with E-state index < -0.39 is 0 Å². The van der Waals surface area contributed by atoms with Gasteiger partial charge < -0.3 is 0 Å². The largest absolute Gasteiger partial charge is 0.297 e. The zero-order chi connectivity index (χ0) is 14.5. The summed E-state index contributed by atoms with van der Waals surface area (Å²) in [7, 11) is 0. The van der Waals surface area contributed by atoms with Crippen molar-refractivity contribution in [2.24, 2.45) is 0 Å². The van der Waals surface area contributed by atoms with Gasteiger partial charge >= 0.3 is 0 Å². The molecule has 0 aliphatic carbocycles. The van der Waals surface area contributed by atoms with Crippen LogP contribution < -0.4 is 0 Å². The molecule has 3 rings (SSSR count). The Bertz CT molecular complexity index is 565. The molecule has 110 valence electrons. The maximum atomic E-state index is 6.13. The van der Waals surface area contributed by atoms with E-state index >= 15 is 0 Å². The Labute approximate surface area is 131 Å². The van der Waals surface area contributed by atoms with Crippen LogP contribution in [-0.4, -0.2) is 41.0 Å². The van der Waals surface area contributed by atoms with Crippen molar-refractivity contribution in [3.8, 4) is 0 Å². The van der Waals surface area contributed by atoms with Crippen LogP contribution in [-0.2, 0) is 13.1 Å². The lowest BCUT2D eigenvalue weighted by molar-refractivity contribution is 0.122. The Balaban J connectivity index is 1.50. The second-order valence-corrected chi connectivity index (χ2v) is 5.85. The number of benzene rings is 1. The third-order valence-corrected chi connectivity index (χ3v) is 4.28. The van der Waals surface area contributed by atoms with Crippen molar-refractivity contribution in [1.82, 2.24) is 14.8 Å². The van der Waals surface area contributed by atoms with Crippen molar-refractivity contribution >= 4 is 11.6 Å². The van der Waals surface area contributed by atoms with E-state index in [4.69, 9.17) is 11.6 Å². The van der Waals surface area contributed by atoms with Crippen molar-refractivity contribution in [3.63, 3.8) is 0 Å². The second-order valence-electron chi connectivity index (χ2n) is 5.49. The first kappa shape index (κ1) is 14.5. The topological polar surface area (TPSA) is 19.4 Å². The minimum Gasteiger partial charge on any atom is -0.297 e. The Hall–Kier alpha value is -1.42. The van der Waals surface area contributed by atoms with E-state index in [9.17, 15) is 0 Å². The van der Waals surface area contributed by atoms with Gasteiger partial charge in [0, 0.05) is 51.0 Å². The molecule has 1 aliphatic heterocycles. The van der Waals surface area contributed by atoms with Gasteiger partial charge in [-0.05, 0) is 11.6 Å². The van der Waals surface area contributed by atoms with E-state index in [0.717, 1.165) is 44.8 Å². The minimum absolute atomic E-state index is 0.629. The molecule has 1 aromatic carbocycles. The fraction of sp³-hybridized carbons (Fsp3) is 0.353. The molecule has 2 heterocycles. The molecule has 4 heteroatoms. The van der Waals surface area contributed by atoms with Crippen molar-refractivity contribution in [2.75, 3.05) is 26.2 Å². The van der Waals surface area contributed by atoms with Gasteiger partial charge in [0.25, 0.3) is 0 Å². The molecule has 1 aliphatic rings. The van der Waals surface area contributed by atoms with Crippen molar-refractivity contribution in [2.45, 2.75) is 13.1 Å². The van der Waals surface area contributed by atoms with Crippen LogP contribution >= 0.6 is 11.6 Å². The Morgan fingerprint density at radius 1 is 0.857 bits per heavy atom. The van der Waals surface area contributed by atoms with Gasteiger partial charge in [-0.25, -0.2) is 4.98 Å². The van der Waals surface area contributed by atoms with E-state index in [-0.39, 0.29) is 0 Å². The highest BCUT2D eigenvalue weighted by molar-refractivity contribution is 6.30. The predicted molar refractivity (Wildman–Crippen MR) is 86.2 cm³/mol. The number of hydrogen-bond donors (Lipinski definition) is 0. The number of piperazine rings is 1. The van der Waals surface area contributed by atoms with Crippen molar-refractivity contribution in [1.29, 1.82) is 0 Å². The van der Waals surface area contributed by atoms with E-state index in [0.29, 0.717) is 5.15 Å². The predicted octanol–water partition coefficient (Wildman–Crippen LogP) is 3.05. The number of nitrogens with zero attached hydrogens (tertiary/aromatic N) is 3. The maximum Gasteiger partial charge on any atom is 0.133 e. The highest BCUT2D eigenvalue weighted by Crippen LogP contribution is 2.16. The smallest absolute Gasteiger partial charge is 0.133 e. The molecule has 0 bridgehead atoms. The molecular formula is C17H20ClN3. The molecule has 1 saturated heterocycles. The van der Waals surface area contributed by atoms with E-state index in [2.05, 4.69) is 51.2 Å². The van der Waals surface area contributed by atoms with Gasteiger partial charge in [-0.1, -0.05) is 48.0 Å². The zero-order valence-electron chi connectivity index (χ0n) is 12.1. The monoisotopic (exact) mass is 301 g/mol. The van der Waals surface area contributed by atoms with Crippen molar-refractivity contribution in [3.05, 3.63) is 64.9 Å². The normalized spacial score (nSPS) is 17.0.